The van der Waals surface area contributed by atoms with Gasteiger partial charge in [0.2, 0.25) is 0 Å². The predicted octanol–water partition coefficient (Wildman–Crippen LogP) is 4.24. The van der Waals surface area contributed by atoms with E-state index in [0.29, 0.717) is 6.04 Å². The summed E-state index contributed by atoms with van der Waals surface area (Å²) in [5, 5.41) is 10.9. The van der Waals surface area contributed by atoms with Crippen LogP contribution in [0.5, 0.6) is 0 Å². The molecule has 1 aromatic rings. The largest absolute Gasteiger partial charge is 0.390 e. The molecule has 0 amide bonds. The first-order chi connectivity index (χ1) is 9.70. The molecule has 1 aliphatic rings. The Kier molecular flexibility index (Phi) is 5.02. The molecule has 2 rings (SSSR count). The van der Waals surface area contributed by atoms with E-state index in [2.05, 4.69) is 37.8 Å². The molecule has 0 aliphatic carbocycles. The number of aliphatic hydroxyl groups is 1. The SMILES string of the molecule is CC(CC(C)(C)c1ccc(Cl)cc1)N1CCC(C)(O)CC1. The van der Waals surface area contributed by atoms with Crippen LogP contribution in [0, 0.1) is 0 Å². The minimum Gasteiger partial charge on any atom is -0.390 e. The Labute approximate surface area is 134 Å². The Morgan fingerprint density at radius 3 is 2.29 bits per heavy atom. The van der Waals surface area contributed by atoms with Gasteiger partial charge in [-0.2, -0.15) is 0 Å². The third-order valence-corrected chi connectivity index (χ3v) is 5.18. The molecule has 1 unspecified atom stereocenters. The van der Waals surface area contributed by atoms with Crippen LogP contribution in [-0.2, 0) is 5.41 Å². The lowest BCUT2D eigenvalue weighted by molar-refractivity contribution is -0.0172. The summed E-state index contributed by atoms with van der Waals surface area (Å²) >= 11 is 5.98. The normalized spacial score (nSPS) is 21.2. The van der Waals surface area contributed by atoms with E-state index in [1.54, 1.807) is 0 Å². The molecule has 1 aliphatic heterocycles. The summed E-state index contributed by atoms with van der Waals surface area (Å²) in [6, 6.07) is 8.74. The highest BCUT2D eigenvalue weighted by molar-refractivity contribution is 6.30. The Morgan fingerprint density at radius 1 is 1.24 bits per heavy atom. The molecular formula is C18H28ClNO. The van der Waals surface area contributed by atoms with Crippen molar-refractivity contribution in [1.29, 1.82) is 0 Å². The van der Waals surface area contributed by atoms with Crippen molar-refractivity contribution in [2.24, 2.45) is 0 Å². The van der Waals surface area contributed by atoms with E-state index >= 15 is 0 Å². The van der Waals surface area contributed by atoms with Gasteiger partial charge in [-0.05, 0) is 56.2 Å². The quantitative estimate of drug-likeness (QED) is 0.899. The Bertz CT molecular complexity index is 457. The molecule has 1 fully saturated rings. The summed E-state index contributed by atoms with van der Waals surface area (Å²) in [6.07, 6.45) is 2.86. The minimum atomic E-state index is -0.470. The lowest BCUT2D eigenvalue weighted by atomic mass is 9.78. The molecule has 0 saturated carbocycles. The van der Waals surface area contributed by atoms with Crippen molar-refractivity contribution in [1.82, 2.24) is 4.90 Å². The topological polar surface area (TPSA) is 23.5 Å². The second-order valence-corrected chi connectivity index (χ2v) is 7.91. The van der Waals surface area contributed by atoms with Crippen LogP contribution in [0.4, 0.5) is 0 Å². The zero-order valence-corrected chi connectivity index (χ0v) is 14.5. The van der Waals surface area contributed by atoms with Crippen LogP contribution in [0.3, 0.4) is 0 Å². The van der Waals surface area contributed by atoms with E-state index in [4.69, 9.17) is 11.6 Å². The van der Waals surface area contributed by atoms with E-state index in [9.17, 15) is 5.11 Å². The number of likely N-dealkylation sites (tertiary alicyclic amines) is 1. The fourth-order valence-electron chi connectivity index (χ4n) is 3.33. The van der Waals surface area contributed by atoms with Crippen molar-refractivity contribution in [3.8, 4) is 0 Å². The first-order valence-electron chi connectivity index (χ1n) is 7.92. The fraction of sp³-hybridized carbons (Fsp3) is 0.667. The average Bonchev–Trinajstić information content (AvgIpc) is 2.38. The zero-order chi connectivity index (χ0) is 15.7. The summed E-state index contributed by atoms with van der Waals surface area (Å²) in [5.41, 5.74) is 0.995. The molecule has 0 spiro atoms. The highest BCUT2D eigenvalue weighted by Gasteiger charge is 2.32. The summed E-state index contributed by atoms with van der Waals surface area (Å²) in [7, 11) is 0. The van der Waals surface area contributed by atoms with Gasteiger partial charge >= 0.3 is 0 Å². The van der Waals surface area contributed by atoms with Gasteiger partial charge in [0.1, 0.15) is 0 Å². The second kappa shape index (κ2) is 6.28. The van der Waals surface area contributed by atoms with Gasteiger partial charge < -0.3 is 10.0 Å². The maximum Gasteiger partial charge on any atom is 0.0644 e. The molecule has 0 aromatic heterocycles. The molecule has 3 heteroatoms. The number of halogens is 1. The second-order valence-electron chi connectivity index (χ2n) is 7.48. The first kappa shape index (κ1) is 16.8. The minimum absolute atomic E-state index is 0.129. The number of piperidine rings is 1. The standard InChI is InChI=1S/C18H28ClNO/c1-14(20-11-9-18(4,21)10-12-20)13-17(2,3)15-5-7-16(19)8-6-15/h5-8,14,21H,9-13H2,1-4H3. The van der Waals surface area contributed by atoms with Crippen LogP contribution in [0.25, 0.3) is 0 Å². The van der Waals surface area contributed by atoms with Crippen molar-refractivity contribution in [2.75, 3.05) is 13.1 Å². The molecule has 1 saturated heterocycles. The Morgan fingerprint density at radius 2 is 1.76 bits per heavy atom. The molecule has 0 radical (unpaired) electrons. The monoisotopic (exact) mass is 309 g/mol. The summed E-state index contributed by atoms with van der Waals surface area (Å²) in [5.74, 6) is 0. The number of benzene rings is 1. The molecule has 1 atom stereocenters. The smallest absolute Gasteiger partial charge is 0.0644 e. The van der Waals surface area contributed by atoms with Crippen LogP contribution in [0.2, 0.25) is 5.02 Å². The van der Waals surface area contributed by atoms with E-state index in [1.165, 1.54) is 5.56 Å². The van der Waals surface area contributed by atoms with Gasteiger partial charge in [-0.15, -0.1) is 0 Å². The van der Waals surface area contributed by atoms with Gasteiger partial charge in [-0.3, -0.25) is 0 Å². The number of nitrogens with zero attached hydrogens (tertiary/aromatic N) is 1. The number of hydrogen-bond acceptors (Lipinski definition) is 2. The fourth-order valence-corrected chi connectivity index (χ4v) is 3.46. The molecule has 1 N–H and O–H groups in total. The van der Waals surface area contributed by atoms with Gasteiger partial charge in [0, 0.05) is 24.2 Å². The highest BCUT2D eigenvalue weighted by atomic mass is 35.5. The lowest BCUT2D eigenvalue weighted by Crippen LogP contribution is -2.47. The van der Waals surface area contributed by atoms with Crippen molar-refractivity contribution >= 4 is 11.6 Å². The predicted molar refractivity (Wildman–Crippen MR) is 90.0 cm³/mol. The Hall–Kier alpha value is -0.570. The highest BCUT2D eigenvalue weighted by Crippen LogP contribution is 2.32. The zero-order valence-electron chi connectivity index (χ0n) is 13.7. The molecule has 1 heterocycles. The third-order valence-electron chi connectivity index (χ3n) is 4.93. The maximum absolute atomic E-state index is 10.1. The van der Waals surface area contributed by atoms with Gasteiger partial charge in [-0.25, -0.2) is 0 Å². The van der Waals surface area contributed by atoms with Crippen LogP contribution < -0.4 is 0 Å². The third kappa shape index (κ3) is 4.45. The average molecular weight is 310 g/mol. The molecule has 0 bridgehead atoms. The summed E-state index contributed by atoms with van der Waals surface area (Å²) < 4.78 is 0. The van der Waals surface area contributed by atoms with Crippen LogP contribution in [0.15, 0.2) is 24.3 Å². The maximum atomic E-state index is 10.1. The van der Waals surface area contributed by atoms with Gasteiger partial charge in [0.05, 0.1) is 5.60 Å². The van der Waals surface area contributed by atoms with E-state index in [-0.39, 0.29) is 5.41 Å². The van der Waals surface area contributed by atoms with Crippen molar-refractivity contribution < 1.29 is 5.11 Å². The number of rotatable bonds is 4. The van der Waals surface area contributed by atoms with Crippen LogP contribution in [0.1, 0.15) is 52.5 Å². The van der Waals surface area contributed by atoms with E-state index < -0.39 is 5.60 Å². The van der Waals surface area contributed by atoms with Crippen molar-refractivity contribution in [3.63, 3.8) is 0 Å². The molecular weight excluding hydrogens is 282 g/mol. The van der Waals surface area contributed by atoms with E-state index in [1.807, 2.05) is 19.1 Å². The van der Waals surface area contributed by atoms with Crippen LogP contribution >= 0.6 is 11.6 Å². The summed E-state index contributed by atoms with van der Waals surface area (Å²) in [6.45, 7) is 10.8. The number of hydrogen-bond donors (Lipinski definition) is 1. The van der Waals surface area contributed by atoms with Crippen molar-refractivity contribution in [3.05, 3.63) is 34.9 Å². The Balaban J connectivity index is 1.98. The lowest BCUT2D eigenvalue weighted by Gasteiger charge is -2.41. The van der Waals surface area contributed by atoms with Crippen LogP contribution in [-0.4, -0.2) is 34.7 Å². The van der Waals surface area contributed by atoms with Gasteiger partial charge in [0.15, 0.2) is 0 Å². The molecule has 1 aromatic carbocycles. The van der Waals surface area contributed by atoms with Crippen molar-refractivity contribution in [2.45, 2.75) is 64.0 Å². The molecule has 2 nitrogen and oxygen atoms in total. The van der Waals surface area contributed by atoms with E-state index in [0.717, 1.165) is 37.4 Å². The van der Waals surface area contributed by atoms with Gasteiger partial charge in [0.25, 0.3) is 0 Å². The van der Waals surface area contributed by atoms with Gasteiger partial charge in [-0.1, -0.05) is 37.6 Å². The first-order valence-corrected chi connectivity index (χ1v) is 8.30. The summed E-state index contributed by atoms with van der Waals surface area (Å²) in [4.78, 5) is 2.51. The molecule has 118 valence electrons. The molecule has 21 heavy (non-hydrogen) atoms.